The van der Waals surface area contributed by atoms with E-state index in [1.165, 1.54) is 19.3 Å². The molecule has 0 spiro atoms. The van der Waals surface area contributed by atoms with Crippen molar-refractivity contribution >= 4 is 0 Å². The van der Waals surface area contributed by atoms with Gasteiger partial charge in [0, 0.05) is 12.6 Å². The molecule has 3 atom stereocenters. The molecule has 1 N–H and O–H groups in total. The summed E-state index contributed by atoms with van der Waals surface area (Å²) in [5.74, 6) is 2.76. The van der Waals surface area contributed by atoms with Crippen LogP contribution in [0.4, 0.5) is 0 Å². The molecule has 1 saturated carbocycles. The highest BCUT2D eigenvalue weighted by Gasteiger charge is 2.31. The highest BCUT2D eigenvalue weighted by molar-refractivity contribution is 4.90. The molecule has 4 heteroatoms. The Hall–Kier alpha value is -0.900. The van der Waals surface area contributed by atoms with Crippen LogP contribution in [0.1, 0.15) is 52.3 Å². The first-order chi connectivity index (χ1) is 8.76. The van der Waals surface area contributed by atoms with E-state index in [1.807, 2.05) is 4.68 Å². The van der Waals surface area contributed by atoms with E-state index in [2.05, 4.69) is 36.2 Å². The SMILES string of the molecule is CCCn1ncnc1CNC1CCC(CC)C1C. The second-order valence-electron chi connectivity index (χ2n) is 5.49. The third kappa shape index (κ3) is 2.91. The molecule has 0 aromatic carbocycles. The molecular formula is C14H26N4. The summed E-state index contributed by atoms with van der Waals surface area (Å²) in [4.78, 5) is 4.35. The Balaban J connectivity index is 1.86. The molecule has 0 bridgehead atoms. The van der Waals surface area contributed by atoms with E-state index in [4.69, 9.17) is 0 Å². The minimum atomic E-state index is 0.654. The molecule has 1 heterocycles. The summed E-state index contributed by atoms with van der Waals surface area (Å²) in [7, 11) is 0. The Bertz CT molecular complexity index is 360. The van der Waals surface area contributed by atoms with Crippen LogP contribution in [0.3, 0.4) is 0 Å². The van der Waals surface area contributed by atoms with Gasteiger partial charge in [0.05, 0.1) is 6.54 Å². The average molecular weight is 250 g/mol. The van der Waals surface area contributed by atoms with Gasteiger partial charge in [0.15, 0.2) is 0 Å². The highest BCUT2D eigenvalue weighted by Crippen LogP contribution is 2.33. The smallest absolute Gasteiger partial charge is 0.140 e. The summed E-state index contributed by atoms with van der Waals surface area (Å²) in [5, 5.41) is 7.94. The number of aryl methyl sites for hydroxylation is 1. The van der Waals surface area contributed by atoms with Gasteiger partial charge in [0.2, 0.25) is 0 Å². The molecule has 18 heavy (non-hydrogen) atoms. The van der Waals surface area contributed by atoms with Gasteiger partial charge in [-0.25, -0.2) is 9.67 Å². The third-order valence-corrected chi connectivity index (χ3v) is 4.40. The van der Waals surface area contributed by atoms with E-state index < -0.39 is 0 Å². The second-order valence-corrected chi connectivity index (χ2v) is 5.49. The fraction of sp³-hybridized carbons (Fsp3) is 0.857. The summed E-state index contributed by atoms with van der Waals surface area (Å²) in [6.07, 6.45) is 6.76. The Morgan fingerprint density at radius 1 is 1.39 bits per heavy atom. The normalized spacial score (nSPS) is 27.8. The summed E-state index contributed by atoms with van der Waals surface area (Å²) < 4.78 is 2.02. The maximum Gasteiger partial charge on any atom is 0.140 e. The van der Waals surface area contributed by atoms with Crippen LogP contribution in [0.5, 0.6) is 0 Å². The van der Waals surface area contributed by atoms with Crippen LogP contribution in [0, 0.1) is 11.8 Å². The van der Waals surface area contributed by atoms with Crippen molar-refractivity contribution in [2.45, 2.75) is 65.6 Å². The Kier molecular flexibility index (Phi) is 4.75. The van der Waals surface area contributed by atoms with Crippen molar-refractivity contribution in [3.05, 3.63) is 12.2 Å². The fourth-order valence-electron chi connectivity index (χ4n) is 3.16. The van der Waals surface area contributed by atoms with Gasteiger partial charge in [0.25, 0.3) is 0 Å². The average Bonchev–Trinajstić information content (AvgIpc) is 2.94. The first kappa shape index (κ1) is 13.5. The van der Waals surface area contributed by atoms with E-state index in [0.717, 1.165) is 37.2 Å². The quantitative estimate of drug-likeness (QED) is 0.844. The van der Waals surface area contributed by atoms with Crippen molar-refractivity contribution in [1.82, 2.24) is 20.1 Å². The lowest BCUT2D eigenvalue weighted by Gasteiger charge is -2.20. The number of nitrogens with zero attached hydrogens (tertiary/aromatic N) is 3. The van der Waals surface area contributed by atoms with Gasteiger partial charge < -0.3 is 5.32 Å². The number of rotatable bonds is 6. The van der Waals surface area contributed by atoms with Crippen molar-refractivity contribution in [2.75, 3.05) is 0 Å². The summed E-state index contributed by atoms with van der Waals surface area (Å²) in [6.45, 7) is 8.68. The molecule has 2 rings (SSSR count). The maximum atomic E-state index is 4.35. The van der Waals surface area contributed by atoms with Crippen molar-refractivity contribution in [1.29, 1.82) is 0 Å². The standard InChI is InChI=1S/C14H26N4/c1-4-8-18-14(16-10-17-18)9-15-13-7-6-12(5-2)11(13)3/h10-13,15H,4-9H2,1-3H3. The highest BCUT2D eigenvalue weighted by atomic mass is 15.3. The summed E-state index contributed by atoms with van der Waals surface area (Å²) in [5.41, 5.74) is 0. The van der Waals surface area contributed by atoms with Gasteiger partial charge in [0.1, 0.15) is 12.2 Å². The minimum Gasteiger partial charge on any atom is -0.307 e. The molecule has 4 nitrogen and oxygen atoms in total. The Morgan fingerprint density at radius 3 is 2.89 bits per heavy atom. The van der Waals surface area contributed by atoms with Crippen LogP contribution in [0.15, 0.2) is 6.33 Å². The van der Waals surface area contributed by atoms with Gasteiger partial charge in [-0.1, -0.05) is 27.2 Å². The molecule has 1 aliphatic rings. The maximum absolute atomic E-state index is 4.35. The monoisotopic (exact) mass is 250 g/mol. The Morgan fingerprint density at radius 2 is 2.22 bits per heavy atom. The van der Waals surface area contributed by atoms with Gasteiger partial charge in [-0.15, -0.1) is 0 Å². The molecule has 1 aromatic heterocycles. The van der Waals surface area contributed by atoms with Gasteiger partial charge in [-0.3, -0.25) is 0 Å². The number of aromatic nitrogens is 3. The molecule has 0 amide bonds. The van der Waals surface area contributed by atoms with Crippen LogP contribution in [-0.2, 0) is 13.1 Å². The fourth-order valence-corrected chi connectivity index (χ4v) is 3.16. The zero-order valence-corrected chi connectivity index (χ0v) is 11.9. The molecule has 1 fully saturated rings. The Labute approximate surface area is 110 Å². The van der Waals surface area contributed by atoms with Crippen LogP contribution >= 0.6 is 0 Å². The topological polar surface area (TPSA) is 42.7 Å². The lowest BCUT2D eigenvalue weighted by molar-refractivity contribution is 0.340. The zero-order valence-electron chi connectivity index (χ0n) is 11.9. The number of hydrogen-bond acceptors (Lipinski definition) is 3. The van der Waals surface area contributed by atoms with Crippen molar-refractivity contribution < 1.29 is 0 Å². The van der Waals surface area contributed by atoms with E-state index in [0.29, 0.717) is 6.04 Å². The minimum absolute atomic E-state index is 0.654. The summed E-state index contributed by atoms with van der Waals surface area (Å²) in [6, 6.07) is 0.654. The molecule has 0 saturated heterocycles. The molecular weight excluding hydrogens is 224 g/mol. The predicted octanol–water partition coefficient (Wildman–Crippen LogP) is 2.60. The lowest BCUT2D eigenvalue weighted by atomic mass is 9.93. The molecule has 1 aliphatic carbocycles. The third-order valence-electron chi connectivity index (χ3n) is 4.40. The van der Waals surface area contributed by atoms with Crippen LogP contribution < -0.4 is 5.32 Å². The first-order valence-corrected chi connectivity index (χ1v) is 7.36. The van der Waals surface area contributed by atoms with E-state index in [9.17, 15) is 0 Å². The molecule has 0 aliphatic heterocycles. The summed E-state index contributed by atoms with van der Waals surface area (Å²) >= 11 is 0. The largest absolute Gasteiger partial charge is 0.307 e. The van der Waals surface area contributed by atoms with Gasteiger partial charge in [-0.2, -0.15) is 5.10 Å². The number of hydrogen-bond donors (Lipinski definition) is 1. The molecule has 102 valence electrons. The van der Waals surface area contributed by atoms with Crippen LogP contribution in [0.2, 0.25) is 0 Å². The van der Waals surface area contributed by atoms with Crippen molar-refractivity contribution in [3.63, 3.8) is 0 Å². The van der Waals surface area contributed by atoms with Crippen LogP contribution in [-0.4, -0.2) is 20.8 Å². The molecule has 3 unspecified atom stereocenters. The number of nitrogens with one attached hydrogen (secondary N) is 1. The predicted molar refractivity (Wildman–Crippen MR) is 73.1 cm³/mol. The van der Waals surface area contributed by atoms with Gasteiger partial charge in [-0.05, 0) is 31.1 Å². The molecule has 0 radical (unpaired) electrons. The van der Waals surface area contributed by atoms with Crippen molar-refractivity contribution in [2.24, 2.45) is 11.8 Å². The second kappa shape index (κ2) is 6.32. The van der Waals surface area contributed by atoms with E-state index in [1.54, 1.807) is 6.33 Å². The van der Waals surface area contributed by atoms with Gasteiger partial charge >= 0.3 is 0 Å². The molecule has 1 aromatic rings. The van der Waals surface area contributed by atoms with E-state index >= 15 is 0 Å². The van der Waals surface area contributed by atoms with Crippen molar-refractivity contribution in [3.8, 4) is 0 Å². The van der Waals surface area contributed by atoms with E-state index in [-0.39, 0.29) is 0 Å². The van der Waals surface area contributed by atoms with Crippen LogP contribution in [0.25, 0.3) is 0 Å². The zero-order chi connectivity index (χ0) is 13.0. The lowest BCUT2D eigenvalue weighted by Crippen LogP contribution is -2.33. The first-order valence-electron chi connectivity index (χ1n) is 7.36.